The average molecular weight is 458 g/mol. The van der Waals surface area contributed by atoms with Gasteiger partial charge in [0.25, 0.3) is 0 Å². The molecule has 0 fully saturated rings. The molecule has 0 aromatic heterocycles. The standard InChI is InChI=1S/C24H21Cl2NO4/c1-15(17-9-6-10-19(11-17)31-14-16-7-4-3-5-8-16)23(28)27-21-13-18(25)12-20(26)22(21)24(29)30-2/h3-13,15H,14H2,1-2H3,(H,27,28). The Labute approximate surface area is 190 Å². The van der Waals surface area contributed by atoms with Gasteiger partial charge in [-0.25, -0.2) is 4.79 Å². The predicted molar refractivity (Wildman–Crippen MR) is 122 cm³/mol. The lowest BCUT2D eigenvalue weighted by atomic mass is 9.99. The van der Waals surface area contributed by atoms with Crippen LogP contribution >= 0.6 is 23.2 Å². The van der Waals surface area contributed by atoms with Gasteiger partial charge in [-0.05, 0) is 42.3 Å². The molecule has 0 aliphatic carbocycles. The number of amides is 1. The molecule has 160 valence electrons. The highest BCUT2D eigenvalue weighted by molar-refractivity contribution is 6.37. The Balaban J connectivity index is 1.76. The van der Waals surface area contributed by atoms with Gasteiger partial charge in [-0.15, -0.1) is 0 Å². The third-order valence-corrected chi connectivity index (χ3v) is 5.22. The normalized spacial score (nSPS) is 11.5. The first-order valence-electron chi connectivity index (χ1n) is 9.54. The fraction of sp³-hybridized carbons (Fsp3) is 0.167. The van der Waals surface area contributed by atoms with Gasteiger partial charge in [-0.2, -0.15) is 0 Å². The van der Waals surface area contributed by atoms with Gasteiger partial charge in [0.15, 0.2) is 0 Å². The summed E-state index contributed by atoms with van der Waals surface area (Å²) in [5, 5.41) is 3.12. The van der Waals surface area contributed by atoms with E-state index >= 15 is 0 Å². The number of rotatable bonds is 7. The Kier molecular flexibility index (Phi) is 7.55. The molecule has 0 bridgehead atoms. The number of esters is 1. The molecule has 5 nitrogen and oxygen atoms in total. The number of anilines is 1. The van der Waals surface area contributed by atoms with Crippen molar-refractivity contribution in [1.29, 1.82) is 0 Å². The summed E-state index contributed by atoms with van der Waals surface area (Å²) in [6, 6.07) is 20.0. The lowest BCUT2D eigenvalue weighted by molar-refractivity contribution is -0.117. The first kappa shape index (κ1) is 22.7. The zero-order valence-corrected chi connectivity index (χ0v) is 18.5. The minimum Gasteiger partial charge on any atom is -0.489 e. The Morgan fingerprint density at radius 2 is 1.74 bits per heavy atom. The van der Waals surface area contributed by atoms with E-state index in [0.29, 0.717) is 12.4 Å². The van der Waals surface area contributed by atoms with E-state index in [9.17, 15) is 9.59 Å². The average Bonchev–Trinajstić information content (AvgIpc) is 2.77. The molecule has 0 radical (unpaired) electrons. The minimum atomic E-state index is -0.666. The topological polar surface area (TPSA) is 64.6 Å². The van der Waals surface area contributed by atoms with E-state index in [-0.39, 0.29) is 27.2 Å². The Morgan fingerprint density at radius 3 is 2.45 bits per heavy atom. The van der Waals surface area contributed by atoms with E-state index in [0.717, 1.165) is 11.1 Å². The van der Waals surface area contributed by atoms with Crippen LogP contribution < -0.4 is 10.1 Å². The molecule has 0 aliphatic rings. The molecule has 0 saturated carbocycles. The summed E-state index contributed by atoms with van der Waals surface area (Å²) in [7, 11) is 1.24. The number of carbonyl (C=O) groups is 2. The van der Waals surface area contributed by atoms with Crippen LogP contribution in [0.3, 0.4) is 0 Å². The smallest absolute Gasteiger partial charge is 0.341 e. The molecule has 0 aliphatic heterocycles. The number of halogens is 2. The molecule has 3 rings (SSSR count). The number of methoxy groups -OCH3 is 1. The summed E-state index contributed by atoms with van der Waals surface area (Å²) >= 11 is 12.2. The largest absolute Gasteiger partial charge is 0.489 e. The quantitative estimate of drug-likeness (QED) is 0.435. The molecule has 0 heterocycles. The Morgan fingerprint density at radius 1 is 1.00 bits per heavy atom. The SMILES string of the molecule is COC(=O)c1c(Cl)cc(Cl)cc1NC(=O)C(C)c1cccc(OCc2ccccc2)c1. The molecule has 1 N–H and O–H groups in total. The van der Waals surface area contributed by atoms with Crippen LogP contribution in [0.25, 0.3) is 0 Å². The molecule has 7 heteroatoms. The summed E-state index contributed by atoms with van der Waals surface area (Å²) in [5.41, 5.74) is 2.05. The number of carbonyl (C=O) groups excluding carboxylic acids is 2. The molecule has 0 saturated heterocycles. The van der Waals surface area contributed by atoms with Crippen molar-refractivity contribution in [3.05, 3.63) is 93.5 Å². The number of ether oxygens (including phenoxy) is 2. The zero-order valence-electron chi connectivity index (χ0n) is 17.0. The molecule has 31 heavy (non-hydrogen) atoms. The van der Waals surface area contributed by atoms with Gasteiger partial charge in [0.1, 0.15) is 17.9 Å². The van der Waals surface area contributed by atoms with Crippen LogP contribution in [0.5, 0.6) is 5.75 Å². The number of nitrogens with one attached hydrogen (secondary N) is 1. The van der Waals surface area contributed by atoms with Crippen molar-refractivity contribution in [3.63, 3.8) is 0 Å². The van der Waals surface area contributed by atoms with E-state index in [2.05, 4.69) is 5.32 Å². The van der Waals surface area contributed by atoms with Crippen LogP contribution in [0.15, 0.2) is 66.7 Å². The van der Waals surface area contributed by atoms with Gasteiger partial charge in [0.05, 0.1) is 23.7 Å². The van der Waals surface area contributed by atoms with Crippen molar-refractivity contribution in [2.24, 2.45) is 0 Å². The summed E-state index contributed by atoms with van der Waals surface area (Å²) in [5.74, 6) is -0.866. The van der Waals surface area contributed by atoms with Gasteiger partial charge in [0.2, 0.25) is 5.91 Å². The van der Waals surface area contributed by atoms with Gasteiger partial charge >= 0.3 is 5.97 Å². The van der Waals surface area contributed by atoms with Crippen molar-refractivity contribution in [2.75, 3.05) is 12.4 Å². The minimum absolute atomic E-state index is 0.0501. The molecular formula is C24H21Cl2NO4. The van der Waals surface area contributed by atoms with Crippen molar-refractivity contribution < 1.29 is 19.1 Å². The maximum absolute atomic E-state index is 12.9. The first-order chi connectivity index (χ1) is 14.9. The van der Waals surface area contributed by atoms with E-state index < -0.39 is 11.9 Å². The number of hydrogen-bond donors (Lipinski definition) is 1. The fourth-order valence-electron chi connectivity index (χ4n) is 2.99. The Bertz CT molecular complexity index is 1090. The highest BCUT2D eigenvalue weighted by Crippen LogP contribution is 2.31. The number of hydrogen-bond acceptors (Lipinski definition) is 4. The van der Waals surface area contributed by atoms with Crippen LogP contribution in [0, 0.1) is 0 Å². The molecule has 1 amide bonds. The summed E-state index contributed by atoms with van der Waals surface area (Å²) in [6.45, 7) is 2.18. The first-order valence-corrected chi connectivity index (χ1v) is 10.3. The second kappa shape index (κ2) is 10.3. The van der Waals surface area contributed by atoms with Crippen molar-refractivity contribution in [1.82, 2.24) is 0 Å². The van der Waals surface area contributed by atoms with Gasteiger partial charge < -0.3 is 14.8 Å². The Hall–Kier alpha value is -3.02. The lowest BCUT2D eigenvalue weighted by Gasteiger charge is -2.16. The maximum Gasteiger partial charge on any atom is 0.341 e. The van der Waals surface area contributed by atoms with E-state index in [1.54, 1.807) is 6.92 Å². The lowest BCUT2D eigenvalue weighted by Crippen LogP contribution is -2.21. The zero-order chi connectivity index (χ0) is 22.4. The van der Waals surface area contributed by atoms with Crippen LogP contribution in [-0.4, -0.2) is 19.0 Å². The van der Waals surface area contributed by atoms with E-state index in [1.807, 2.05) is 54.6 Å². The molecule has 3 aromatic carbocycles. The molecule has 0 spiro atoms. The van der Waals surface area contributed by atoms with Crippen LogP contribution in [0.4, 0.5) is 5.69 Å². The van der Waals surface area contributed by atoms with Gasteiger partial charge in [0, 0.05) is 5.02 Å². The summed E-state index contributed by atoms with van der Waals surface area (Å²) in [4.78, 5) is 25.0. The predicted octanol–water partition coefficient (Wildman–Crippen LogP) is 6.10. The highest BCUT2D eigenvalue weighted by atomic mass is 35.5. The van der Waals surface area contributed by atoms with Crippen LogP contribution in [0.1, 0.15) is 34.3 Å². The highest BCUT2D eigenvalue weighted by Gasteiger charge is 2.22. The fourth-order valence-corrected chi connectivity index (χ4v) is 3.56. The van der Waals surface area contributed by atoms with Crippen molar-refractivity contribution in [3.8, 4) is 5.75 Å². The third kappa shape index (κ3) is 5.78. The second-order valence-corrected chi connectivity index (χ2v) is 7.70. The van der Waals surface area contributed by atoms with Crippen molar-refractivity contribution >= 4 is 40.8 Å². The van der Waals surface area contributed by atoms with E-state index in [1.165, 1.54) is 19.2 Å². The van der Waals surface area contributed by atoms with Crippen molar-refractivity contribution in [2.45, 2.75) is 19.4 Å². The summed E-state index contributed by atoms with van der Waals surface area (Å²) < 4.78 is 10.6. The third-order valence-electron chi connectivity index (χ3n) is 4.70. The molecule has 3 aromatic rings. The van der Waals surface area contributed by atoms with Crippen LogP contribution in [-0.2, 0) is 16.1 Å². The number of benzene rings is 3. The molecular weight excluding hydrogens is 437 g/mol. The second-order valence-electron chi connectivity index (χ2n) is 6.86. The monoisotopic (exact) mass is 457 g/mol. The summed E-state index contributed by atoms with van der Waals surface area (Å²) in [6.07, 6.45) is 0. The van der Waals surface area contributed by atoms with Crippen LogP contribution in [0.2, 0.25) is 10.0 Å². The molecule has 1 unspecified atom stereocenters. The van der Waals surface area contributed by atoms with E-state index in [4.69, 9.17) is 32.7 Å². The molecule has 1 atom stereocenters. The maximum atomic E-state index is 12.9. The van der Waals surface area contributed by atoms with Gasteiger partial charge in [-0.1, -0.05) is 65.7 Å². The van der Waals surface area contributed by atoms with Gasteiger partial charge in [-0.3, -0.25) is 4.79 Å².